The van der Waals surface area contributed by atoms with E-state index in [4.69, 9.17) is 11.6 Å². The second-order valence-corrected chi connectivity index (χ2v) is 10.8. The summed E-state index contributed by atoms with van der Waals surface area (Å²) < 4.78 is 51.7. The first-order valence-corrected chi connectivity index (χ1v) is 12.3. The molecule has 2 aliphatic rings. The maximum Gasteiger partial charge on any atom is 0.254 e. The quantitative estimate of drug-likeness (QED) is 0.661. The molecule has 1 aliphatic heterocycles. The number of hydrogen-bond acceptors (Lipinski definition) is 4. The summed E-state index contributed by atoms with van der Waals surface area (Å²) in [4.78, 5) is 27.7. The van der Waals surface area contributed by atoms with E-state index in [1.165, 1.54) is 36.1 Å². The number of nitrogens with one attached hydrogen (secondary N) is 1. The fraction of sp³-hybridized carbons (Fsp3) is 0.364. The zero-order valence-corrected chi connectivity index (χ0v) is 18.9. The van der Waals surface area contributed by atoms with E-state index in [-0.39, 0.29) is 33.0 Å². The van der Waals surface area contributed by atoms with Crippen molar-refractivity contribution in [2.45, 2.75) is 42.8 Å². The molecule has 1 saturated heterocycles. The first kappa shape index (κ1) is 22.7. The summed E-state index contributed by atoms with van der Waals surface area (Å²) >= 11 is 5.59. The van der Waals surface area contributed by atoms with E-state index < -0.39 is 45.4 Å². The Hall–Kier alpha value is -2.52. The van der Waals surface area contributed by atoms with Crippen LogP contribution in [0.2, 0.25) is 5.02 Å². The molecule has 2 aromatic rings. The van der Waals surface area contributed by atoms with Crippen molar-refractivity contribution in [2.75, 3.05) is 6.26 Å². The van der Waals surface area contributed by atoms with Gasteiger partial charge in [0.05, 0.1) is 16.0 Å². The summed E-state index contributed by atoms with van der Waals surface area (Å²) in [6.45, 7) is 1.51. The predicted molar refractivity (Wildman–Crippen MR) is 114 cm³/mol. The van der Waals surface area contributed by atoms with E-state index in [0.717, 1.165) is 24.8 Å². The van der Waals surface area contributed by atoms with Crippen molar-refractivity contribution in [3.63, 3.8) is 0 Å². The van der Waals surface area contributed by atoms with Crippen LogP contribution in [-0.4, -0.2) is 43.5 Å². The van der Waals surface area contributed by atoms with Crippen LogP contribution in [0.4, 0.5) is 8.78 Å². The van der Waals surface area contributed by atoms with Crippen LogP contribution < -0.4 is 5.32 Å². The third-order valence-corrected chi connectivity index (χ3v) is 7.42. The normalized spacial score (nSPS) is 22.9. The molecule has 2 amide bonds. The number of hydrogen-bond donors (Lipinski definition) is 1. The number of nitrogens with zero attached hydrogens (tertiary/aromatic N) is 1. The molecule has 0 spiro atoms. The summed E-state index contributed by atoms with van der Waals surface area (Å²) in [6, 6.07) is 5.76. The largest absolute Gasteiger partial charge is 0.348 e. The molecule has 6 nitrogen and oxygen atoms in total. The van der Waals surface area contributed by atoms with Crippen molar-refractivity contribution >= 4 is 33.3 Å². The molecule has 0 aromatic heterocycles. The molecule has 2 fully saturated rings. The highest BCUT2D eigenvalue weighted by Crippen LogP contribution is 2.48. The van der Waals surface area contributed by atoms with E-state index in [1.54, 1.807) is 0 Å². The molecule has 170 valence electrons. The average molecular weight is 483 g/mol. The number of piperidine rings is 1. The van der Waals surface area contributed by atoms with Gasteiger partial charge in [-0.05, 0) is 56.0 Å². The van der Waals surface area contributed by atoms with Gasteiger partial charge < -0.3 is 10.2 Å². The van der Waals surface area contributed by atoms with E-state index in [2.05, 4.69) is 5.32 Å². The molecule has 4 atom stereocenters. The van der Waals surface area contributed by atoms with Crippen molar-refractivity contribution < 1.29 is 26.8 Å². The lowest BCUT2D eigenvalue weighted by Crippen LogP contribution is -2.48. The first-order valence-electron chi connectivity index (χ1n) is 10.0. The van der Waals surface area contributed by atoms with Gasteiger partial charge in [-0.25, -0.2) is 17.2 Å². The minimum atomic E-state index is -3.50. The Balaban J connectivity index is 1.55. The molecule has 0 radical (unpaired) electrons. The zero-order valence-electron chi connectivity index (χ0n) is 17.3. The molecule has 10 heteroatoms. The summed E-state index contributed by atoms with van der Waals surface area (Å²) in [6.07, 6.45) is 2.28. The van der Waals surface area contributed by atoms with Gasteiger partial charge >= 0.3 is 0 Å². The Morgan fingerprint density at radius 1 is 1.16 bits per heavy atom. The standard InChI is InChI=1S/C22H21ClF2N2O4S/c1-11(15-9-18(25)16(23)10-17(15)24)26-21(28)20-8-13-7-19(13)27(20)22(29)12-4-3-5-14(6-12)32(2,30)31/h3-6,9-11,13,19-20H,7-8H2,1-2H3,(H,26,28)/t11-,13?,19?,20?/m1/s1. The van der Waals surface area contributed by atoms with Gasteiger partial charge in [-0.3, -0.25) is 9.59 Å². The lowest BCUT2D eigenvalue weighted by atomic mass is 10.1. The molecular formula is C22H21ClF2N2O4S. The summed E-state index contributed by atoms with van der Waals surface area (Å²) in [7, 11) is -3.50. The molecule has 2 aromatic carbocycles. The Bertz CT molecular complexity index is 1220. The van der Waals surface area contributed by atoms with Gasteiger partial charge in [0.25, 0.3) is 5.91 Å². The molecule has 1 saturated carbocycles. The fourth-order valence-electron chi connectivity index (χ4n) is 4.25. The Morgan fingerprint density at radius 2 is 1.88 bits per heavy atom. The second kappa shape index (κ2) is 8.12. The monoisotopic (exact) mass is 482 g/mol. The number of carbonyl (C=O) groups is 2. The highest BCUT2D eigenvalue weighted by atomic mass is 35.5. The van der Waals surface area contributed by atoms with Gasteiger partial charge in [-0.15, -0.1) is 0 Å². The summed E-state index contributed by atoms with van der Waals surface area (Å²) in [5.41, 5.74) is 0.124. The number of likely N-dealkylation sites (tertiary alicyclic amines) is 1. The lowest BCUT2D eigenvalue weighted by Gasteiger charge is -2.28. The Morgan fingerprint density at radius 3 is 2.56 bits per heavy atom. The van der Waals surface area contributed by atoms with Crippen molar-refractivity contribution in [2.24, 2.45) is 5.92 Å². The molecule has 3 unspecified atom stereocenters. The molecule has 1 N–H and O–H groups in total. The van der Waals surface area contributed by atoms with E-state index >= 15 is 0 Å². The van der Waals surface area contributed by atoms with Crippen LogP contribution in [0.1, 0.15) is 41.7 Å². The van der Waals surface area contributed by atoms with Gasteiger partial charge in [0.1, 0.15) is 17.7 Å². The minimum Gasteiger partial charge on any atom is -0.348 e. The summed E-state index contributed by atoms with van der Waals surface area (Å²) in [5, 5.41) is 2.31. The Kier molecular flexibility index (Phi) is 5.75. The van der Waals surface area contributed by atoms with E-state index in [1.807, 2.05) is 0 Å². The average Bonchev–Trinajstić information content (AvgIpc) is 3.39. The lowest BCUT2D eigenvalue weighted by molar-refractivity contribution is -0.126. The first-order chi connectivity index (χ1) is 15.0. The smallest absolute Gasteiger partial charge is 0.254 e. The van der Waals surface area contributed by atoms with Crippen LogP contribution in [-0.2, 0) is 14.6 Å². The second-order valence-electron chi connectivity index (χ2n) is 8.35. The van der Waals surface area contributed by atoms with Gasteiger partial charge in [0.15, 0.2) is 9.84 Å². The van der Waals surface area contributed by atoms with Gasteiger partial charge in [0, 0.05) is 23.4 Å². The van der Waals surface area contributed by atoms with Crippen LogP contribution in [0.3, 0.4) is 0 Å². The molecule has 0 bridgehead atoms. The predicted octanol–water partition coefficient (Wildman–Crippen LogP) is 3.50. The van der Waals surface area contributed by atoms with Gasteiger partial charge in [0.2, 0.25) is 5.91 Å². The maximum atomic E-state index is 14.2. The maximum absolute atomic E-state index is 14.2. The topological polar surface area (TPSA) is 83.6 Å². The third kappa shape index (κ3) is 4.23. The zero-order chi connectivity index (χ0) is 23.4. The fourth-order valence-corrected chi connectivity index (χ4v) is 5.07. The molecular weight excluding hydrogens is 462 g/mol. The van der Waals surface area contributed by atoms with Crippen LogP contribution in [0.25, 0.3) is 0 Å². The van der Waals surface area contributed by atoms with Crippen molar-refractivity contribution in [3.8, 4) is 0 Å². The molecule has 1 aliphatic carbocycles. The van der Waals surface area contributed by atoms with Crippen molar-refractivity contribution in [1.29, 1.82) is 0 Å². The third-order valence-electron chi connectivity index (χ3n) is 6.02. The highest BCUT2D eigenvalue weighted by Gasteiger charge is 2.56. The number of benzene rings is 2. The van der Waals surface area contributed by atoms with Crippen molar-refractivity contribution in [3.05, 3.63) is 64.2 Å². The summed E-state index contributed by atoms with van der Waals surface area (Å²) in [5.74, 6) is -2.27. The number of sulfone groups is 1. The molecule has 32 heavy (non-hydrogen) atoms. The van der Waals surface area contributed by atoms with Gasteiger partial charge in [-0.1, -0.05) is 17.7 Å². The number of rotatable bonds is 5. The highest BCUT2D eigenvalue weighted by molar-refractivity contribution is 7.90. The SMILES string of the molecule is C[C@@H](NC(=O)C1CC2CC2N1C(=O)c1cccc(S(C)(=O)=O)c1)c1cc(F)c(Cl)cc1F. The van der Waals surface area contributed by atoms with Crippen LogP contribution >= 0.6 is 11.6 Å². The van der Waals surface area contributed by atoms with Gasteiger partial charge in [-0.2, -0.15) is 0 Å². The number of carbonyl (C=O) groups excluding carboxylic acids is 2. The van der Waals surface area contributed by atoms with Crippen LogP contribution in [0.15, 0.2) is 41.3 Å². The number of halogens is 3. The minimum absolute atomic E-state index is 0.0183. The molecule has 4 rings (SSSR count). The van der Waals surface area contributed by atoms with Crippen LogP contribution in [0.5, 0.6) is 0 Å². The Labute approximate surface area is 189 Å². The number of amides is 2. The van der Waals surface area contributed by atoms with Crippen LogP contribution in [0, 0.1) is 17.6 Å². The van der Waals surface area contributed by atoms with E-state index in [9.17, 15) is 26.8 Å². The number of fused-ring (bicyclic) bond motifs is 1. The van der Waals surface area contributed by atoms with E-state index in [0.29, 0.717) is 6.42 Å². The van der Waals surface area contributed by atoms with Crippen molar-refractivity contribution in [1.82, 2.24) is 10.2 Å². The molecule has 1 heterocycles.